The van der Waals surface area contributed by atoms with Crippen LogP contribution in [-0.2, 0) is 10.8 Å². The molecule has 2 aromatic heterocycles. The number of para-hydroxylation sites is 1. The van der Waals surface area contributed by atoms with E-state index in [1.54, 1.807) is 11.1 Å². The van der Waals surface area contributed by atoms with Crippen LogP contribution in [0.15, 0.2) is 127 Å². The maximum atomic E-state index is 2.88. The van der Waals surface area contributed by atoms with Gasteiger partial charge in [0, 0.05) is 49.2 Å². The summed E-state index contributed by atoms with van der Waals surface area (Å²) in [6, 6.07) is 51.3. The standard InChI is InChI=1S/C60H47BN2/c1-2-7-32(8-3-1)34-17-47-49-25-36(58-28-41-21-38-22-42(29-58)60(38,41)31-58)24-48-46-23-35(57-26-39-19-37-20-40(27-57)59(37,39)30-57)14-16-51(46)63(55(48)49)61-50-12-6-11-44-45-15-13-33-9-4-5-10-43(33)54(45)62(56(44)50)52(18-34)53(47)61/h1-18,23-25,37-42H,19-22,26-31H2. The highest BCUT2D eigenvalue weighted by molar-refractivity contribution is 6.90. The molecule has 9 aromatic rings. The van der Waals surface area contributed by atoms with Crippen LogP contribution in [0.3, 0.4) is 0 Å². The van der Waals surface area contributed by atoms with Gasteiger partial charge >= 0.3 is 6.85 Å². The summed E-state index contributed by atoms with van der Waals surface area (Å²) in [5, 5.41) is 8.44. The Hall–Kier alpha value is -5.54. The van der Waals surface area contributed by atoms with Crippen molar-refractivity contribution in [2.24, 2.45) is 46.3 Å². The Morgan fingerprint density at radius 1 is 0.460 bits per heavy atom. The highest BCUT2D eigenvalue weighted by atomic mass is 15.0. The molecule has 4 bridgehead atoms. The monoisotopic (exact) mass is 806 g/mol. The van der Waals surface area contributed by atoms with Crippen LogP contribution >= 0.6 is 0 Å². The maximum Gasteiger partial charge on any atom is 0.333 e. The van der Waals surface area contributed by atoms with Crippen molar-refractivity contribution < 1.29 is 0 Å². The Morgan fingerprint density at radius 2 is 1.14 bits per heavy atom. The molecule has 2 aliphatic heterocycles. The quantitative estimate of drug-likeness (QED) is 0.157. The van der Waals surface area contributed by atoms with Crippen molar-refractivity contribution in [2.45, 2.75) is 75.0 Å². The zero-order valence-electron chi connectivity index (χ0n) is 35.6. The number of rotatable bonds is 3. The molecule has 0 radical (unpaired) electrons. The van der Waals surface area contributed by atoms with Crippen molar-refractivity contribution >= 4 is 72.2 Å². The smallest absolute Gasteiger partial charge is 0.333 e. The molecule has 3 heteroatoms. The summed E-state index contributed by atoms with van der Waals surface area (Å²) in [4.78, 5) is 0. The minimum atomic E-state index is 0.0840. The van der Waals surface area contributed by atoms with E-state index in [0.29, 0.717) is 21.7 Å². The predicted molar refractivity (Wildman–Crippen MR) is 258 cm³/mol. The Morgan fingerprint density at radius 3 is 1.89 bits per heavy atom. The van der Waals surface area contributed by atoms with E-state index in [9.17, 15) is 0 Å². The van der Waals surface area contributed by atoms with Crippen molar-refractivity contribution in [1.29, 1.82) is 0 Å². The molecular weight excluding hydrogens is 759 g/mol. The van der Waals surface area contributed by atoms with E-state index in [4.69, 9.17) is 0 Å². The van der Waals surface area contributed by atoms with Crippen molar-refractivity contribution in [3.8, 4) is 27.9 Å². The second-order valence-electron chi connectivity index (χ2n) is 23.6. The highest BCUT2D eigenvalue weighted by Gasteiger charge is 2.78. The van der Waals surface area contributed by atoms with E-state index < -0.39 is 0 Å². The van der Waals surface area contributed by atoms with Gasteiger partial charge in [-0.05, 0) is 202 Å². The second-order valence-corrected chi connectivity index (χ2v) is 23.6. The fraction of sp³-hybridized carbons (Fsp3) is 0.333. The van der Waals surface area contributed by atoms with E-state index in [0.717, 1.165) is 35.5 Å². The molecule has 4 heterocycles. The Labute approximate surface area is 367 Å². The largest absolute Gasteiger partial charge is 0.375 e. The van der Waals surface area contributed by atoms with Gasteiger partial charge in [0.15, 0.2) is 0 Å². The normalized spacial score (nSPS) is 35.5. The van der Waals surface area contributed by atoms with Crippen LogP contribution in [0.1, 0.15) is 75.3 Å². The summed E-state index contributed by atoms with van der Waals surface area (Å²) in [6.45, 7) is 0.0840. The molecule has 10 aliphatic rings. The molecule has 0 N–H and O–H groups in total. The van der Waals surface area contributed by atoms with E-state index in [1.807, 2.05) is 0 Å². The van der Waals surface area contributed by atoms with Gasteiger partial charge in [0.1, 0.15) is 0 Å². The van der Waals surface area contributed by atoms with Gasteiger partial charge in [0.2, 0.25) is 0 Å². The van der Waals surface area contributed by atoms with Crippen LogP contribution in [0.5, 0.6) is 0 Å². The molecule has 300 valence electrons. The topological polar surface area (TPSA) is 9.86 Å². The lowest BCUT2D eigenvalue weighted by Gasteiger charge is -2.66. The van der Waals surface area contributed by atoms with Gasteiger partial charge in [-0.25, -0.2) is 0 Å². The number of hydrogen-bond donors (Lipinski definition) is 0. The lowest BCUT2D eigenvalue weighted by Crippen LogP contribution is -2.59. The molecule has 4 unspecified atom stereocenters. The molecule has 63 heavy (non-hydrogen) atoms. The molecule has 0 amide bonds. The van der Waals surface area contributed by atoms with Crippen LogP contribution in [0, 0.1) is 46.3 Å². The SMILES string of the molecule is c1ccc(-c2cc3c4c(c2)-n2c5c(cccc5c5ccc6ccccc6c52)B4n2c4ccc(C56CC7CC8CC(C5)C87C6)cc4c4cc(C56CC7CC8CC(C5)C87C6)cc-3c42)cc1. The predicted octanol–water partition coefficient (Wildman–Crippen LogP) is 12.8. The van der Waals surface area contributed by atoms with Crippen LogP contribution in [-0.4, -0.2) is 15.9 Å². The minimum absolute atomic E-state index is 0.0840. The van der Waals surface area contributed by atoms with Crippen molar-refractivity contribution in [1.82, 2.24) is 9.05 Å². The first-order valence-corrected chi connectivity index (χ1v) is 24.9. The van der Waals surface area contributed by atoms with Gasteiger partial charge in [-0.15, -0.1) is 0 Å². The summed E-state index contributed by atoms with van der Waals surface area (Å²) < 4.78 is 5.59. The zero-order chi connectivity index (χ0) is 40.1. The molecule has 19 rings (SSSR count). The van der Waals surface area contributed by atoms with Crippen molar-refractivity contribution in [3.63, 3.8) is 0 Å². The molecule has 8 fully saturated rings. The van der Waals surface area contributed by atoms with E-state index >= 15 is 0 Å². The van der Waals surface area contributed by atoms with Gasteiger partial charge in [-0.2, -0.15) is 0 Å². The second kappa shape index (κ2) is 9.75. The van der Waals surface area contributed by atoms with E-state index in [1.165, 1.54) is 157 Å². The number of fused-ring (bicyclic) bond motifs is 14. The number of hydrogen-bond acceptors (Lipinski definition) is 0. The molecule has 2 nitrogen and oxygen atoms in total. The first kappa shape index (κ1) is 32.2. The first-order chi connectivity index (χ1) is 31.0. The van der Waals surface area contributed by atoms with E-state index in [2.05, 4.69) is 136 Å². The zero-order valence-corrected chi connectivity index (χ0v) is 35.6. The van der Waals surface area contributed by atoms with E-state index in [-0.39, 0.29) is 6.85 Å². The van der Waals surface area contributed by atoms with Crippen LogP contribution < -0.4 is 10.9 Å². The van der Waals surface area contributed by atoms with Crippen molar-refractivity contribution in [3.05, 3.63) is 139 Å². The maximum absolute atomic E-state index is 2.88. The first-order valence-electron chi connectivity index (χ1n) is 24.9. The average molecular weight is 807 g/mol. The summed E-state index contributed by atoms with van der Waals surface area (Å²) in [6.07, 6.45) is 14.7. The number of aromatic nitrogens is 2. The molecule has 7 aromatic carbocycles. The molecule has 8 aliphatic carbocycles. The minimum Gasteiger partial charge on any atom is -0.375 e. The average Bonchev–Trinajstić information content (AvgIpc) is 4.13. The molecular formula is C60H47BN2. The number of nitrogens with zero attached hydrogens (tertiary/aromatic N) is 2. The van der Waals surface area contributed by atoms with Gasteiger partial charge < -0.3 is 9.05 Å². The Kier molecular flexibility index (Phi) is 4.98. The molecule has 8 saturated carbocycles. The third kappa shape index (κ3) is 3.18. The summed E-state index contributed by atoms with van der Waals surface area (Å²) >= 11 is 0. The third-order valence-corrected chi connectivity index (χ3v) is 22.1. The number of benzene rings is 7. The van der Waals surface area contributed by atoms with Crippen LogP contribution in [0.4, 0.5) is 0 Å². The third-order valence-electron chi connectivity index (χ3n) is 22.1. The summed E-state index contributed by atoms with van der Waals surface area (Å²) in [5.74, 6) is 5.96. The summed E-state index contributed by atoms with van der Waals surface area (Å²) in [7, 11) is 0. The van der Waals surface area contributed by atoms with Gasteiger partial charge in [-0.1, -0.05) is 91.0 Å². The molecule has 0 saturated heterocycles. The van der Waals surface area contributed by atoms with Crippen LogP contribution in [0.2, 0.25) is 0 Å². The van der Waals surface area contributed by atoms with Crippen molar-refractivity contribution in [2.75, 3.05) is 0 Å². The van der Waals surface area contributed by atoms with Gasteiger partial charge in [0.25, 0.3) is 0 Å². The fourth-order valence-corrected chi connectivity index (χ4v) is 20.0. The van der Waals surface area contributed by atoms with Gasteiger partial charge in [-0.3, -0.25) is 0 Å². The molecule has 4 atom stereocenters. The Balaban J connectivity index is 0.961. The lowest BCUT2D eigenvalue weighted by atomic mass is 9.38. The van der Waals surface area contributed by atoms with Crippen LogP contribution in [0.25, 0.3) is 82.3 Å². The molecule has 2 spiro atoms. The summed E-state index contributed by atoms with van der Waals surface area (Å²) in [5.41, 5.74) is 21.0. The van der Waals surface area contributed by atoms with Gasteiger partial charge in [0.05, 0.1) is 11.0 Å². The fourth-order valence-electron chi connectivity index (χ4n) is 20.0. The Bertz CT molecular complexity index is 3700. The lowest BCUT2D eigenvalue weighted by molar-refractivity contribution is -0.175. The highest BCUT2D eigenvalue weighted by Crippen LogP contribution is 2.85.